The Labute approximate surface area is 198 Å². The molecule has 0 spiro atoms. The molecule has 0 unspecified atom stereocenters. The second-order valence-electron chi connectivity index (χ2n) is 10.3. The van der Waals surface area contributed by atoms with Gasteiger partial charge in [0.15, 0.2) is 17.3 Å². The third-order valence-corrected chi connectivity index (χ3v) is 6.86. The maximum absolute atomic E-state index is 13.0. The molecule has 6 rings (SSSR count). The molecule has 3 aliphatic heterocycles. The highest BCUT2D eigenvalue weighted by molar-refractivity contribution is 5.81. The van der Waals surface area contributed by atoms with Crippen LogP contribution in [0.2, 0.25) is 0 Å². The fourth-order valence-electron chi connectivity index (χ4n) is 5.58. The molecule has 2 fully saturated rings. The van der Waals surface area contributed by atoms with E-state index in [0.717, 1.165) is 54.1 Å². The summed E-state index contributed by atoms with van der Waals surface area (Å²) >= 11 is 0. The lowest BCUT2D eigenvalue weighted by Gasteiger charge is -2.45. The topological polar surface area (TPSA) is 96.5 Å². The molecule has 0 saturated carbocycles. The molecule has 1 aromatic heterocycles. The number of nitrogens with zero attached hydrogens (tertiary/aromatic N) is 5. The number of aromatic nitrogens is 4. The van der Waals surface area contributed by atoms with Crippen LogP contribution in [0.25, 0.3) is 11.4 Å². The Hall–Kier alpha value is -3.62. The van der Waals surface area contributed by atoms with Gasteiger partial charge in [0, 0.05) is 23.7 Å². The number of hydrogen-bond acceptors (Lipinski definition) is 7. The van der Waals surface area contributed by atoms with Crippen molar-refractivity contribution < 1.29 is 14.3 Å². The fourth-order valence-corrected chi connectivity index (χ4v) is 5.58. The van der Waals surface area contributed by atoms with Crippen molar-refractivity contribution in [2.75, 3.05) is 4.90 Å². The number of fused-ring (bicyclic) bond motifs is 4. The molecule has 3 aromatic rings. The highest BCUT2D eigenvalue weighted by Crippen LogP contribution is 2.51. The predicted octanol–water partition coefficient (Wildman–Crippen LogP) is 5.04. The maximum atomic E-state index is 13.0. The van der Waals surface area contributed by atoms with Crippen molar-refractivity contribution in [3.63, 3.8) is 0 Å². The van der Waals surface area contributed by atoms with Crippen LogP contribution < -0.4 is 9.64 Å². The standard InChI is InChI=1S/C25H28N6O3/c1-25(2,3)34-24(32)30-16-9-10-17(30)14-18(13-16)31-19-6-4-5-7-21(19)33-22-12-15(8-11-20(22)31)23-26-28-29-27-23/h4-8,11-12,16-18H,9-10,13-14H2,1-3H3,(H,26,27,28,29)/t16-,17+,18+. The fraction of sp³-hybridized carbons (Fsp3) is 0.440. The monoisotopic (exact) mass is 460 g/mol. The van der Waals surface area contributed by atoms with Crippen LogP contribution in [-0.2, 0) is 4.74 Å². The predicted molar refractivity (Wildman–Crippen MR) is 126 cm³/mol. The molecule has 2 aromatic carbocycles. The first-order valence-corrected chi connectivity index (χ1v) is 11.8. The van der Waals surface area contributed by atoms with Gasteiger partial charge >= 0.3 is 6.09 Å². The molecule has 176 valence electrons. The summed E-state index contributed by atoms with van der Waals surface area (Å²) < 4.78 is 12.0. The van der Waals surface area contributed by atoms with Gasteiger partial charge in [0.2, 0.25) is 0 Å². The molecule has 34 heavy (non-hydrogen) atoms. The third kappa shape index (κ3) is 3.55. The van der Waals surface area contributed by atoms with Crippen LogP contribution in [0.5, 0.6) is 11.5 Å². The van der Waals surface area contributed by atoms with E-state index in [9.17, 15) is 4.79 Å². The number of carbonyl (C=O) groups is 1. The zero-order valence-corrected chi connectivity index (χ0v) is 19.6. The van der Waals surface area contributed by atoms with E-state index in [1.807, 2.05) is 56.0 Å². The number of nitrogens with one attached hydrogen (secondary N) is 1. The van der Waals surface area contributed by atoms with Gasteiger partial charge in [-0.05, 0) is 87.2 Å². The second-order valence-corrected chi connectivity index (χ2v) is 10.3. The molecule has 3 atom stereocenters. The largest absolute Gasteiger partial charge is 0.453 e. The van der Waals surface area contributed by atoms with E-state index in [2.05, 4.69) is 37.7 Å². The lowest BCUT2D eigenvalue weighted by Crippen LogP contribution is -2.53. The van der Waals surface area contributed by atoms with E-state index in [4.69, 9.17) is 9.47 Å². The zero-order chi connectivity index (χ0) is 23.4. The Kier molecular flexibility index (Phi) is 4.75. The lowest BCUT2D eigenvalue weighted by atomic mass is 9.94. The molecular formula is C25H28N6O3. The summed E-state index contributed by atoms with van der Waals surface area (Å²) in [4.78, 5) is 17.3. The summed E-state index contributed by atoms with van der Waals surface area (Å²) in [6.45, 7) is 5.76. The Morgan fingerprint density at radius 2 is 1.76 bits per heavy atom. The minimum absolute atomic E-state index is 0.177. The van der Waals surface area contributed by atoms with Gasteiger partial charge in [-0.3, -0.25) is 0 Å². The van der Waals surface area contributed by atoms with Crippen LogP contribution in [-0.4, -0.2) is 55.3 Å². The van der Waals surface area contributed by atoms with Crippen molar-refractivity contribution in [2.24, 2.45) is 0 Å². The Morgan fingerprint density at radius 3 is 2.47 bits per heavy atom. The number of amides is 1. The number of aromatic amines is 1. The minimum Gasteiger partial charge on any atom is -0.453 e. The first-order valence-electron chi connectivity index (χ1n) is 11.8. The average Bonchev–Trinajstić information content (AvgIpc) is 3.42. The van der Waals surface area contributed by atoms with Crippen LogP contribution in [0, 0.1) is 0 Å². The molecule has 9 nitrogen and oxygen atoms in total. The number of para-hydroxylation sites is 2. The quantitative estimate of drug-likeness (QED) is 0.572. The van der Waals surface area contributed by atoms with E-state index >= 15 is 0 Å². The highest BCUT2D eigenvalue weighted by atomic mass is 16.6. The zero-order valence-electron chi connectivity index (χ0n) is 19.6. The first-order chi connectivity index (χ1) is 16.4. The van der Waals surface area contributed by atoms with Crippen molar-refractivity contribution in [1.82, 2.24) is 25.5 Å². The van der Waals surface area contributed by atoms with Gasteiger partial charge in [0.25, 0.3) is 0 Å². The molecule has 3 aliphatic rings. The molecule has 0 radical (unpaired) electrons. The van der Waals surface area contributed by atoms with Crippen molar-refractivity contribution in [3.8, 4) is 22.9 Å². The highest BCUT2D eigenvalue weighted by Gasteiger charge is 2.47. The van der Waals surface area contributed by atoms with Gasteiger partial charge < -0.3 is 19.3 Å². The van der Waals surface area contributed by atoms with E-state index in [-0.39, 0.29) is 24.2 Å². The number of piperidine rings is 1. The van der Waals surface area contributed by atoms with Gasteiger partial charge in [-0.15, -0.1) is 5.10 Å². The summed E-state index contributed by atoms with van der Waals surface area (Å²) in [5.74, 6) is 2.19. The number of carbonyl (C=O) groups excluding carboxylic acids is 1. The summed E-state index contributed by atoms with van der Waals surface area (Å²) in [6, 6.07) is 14.8. The Bertz CT molecular complexity index is 1210. The molecular weight excluding hydrogens is 432 g/mol. The SMILES string of the molecule is CC(C)(C)OC(=O)N1[C@@H]2CC[C@H]1C[C@@H](N1c3ccccc3Oc3cc(-c4nnn[nH]4)ccc31)C2. The van der Waals surface area contributed by atoms with Crippen LogP contribution in [0.15, 0.2) is 42.5 Å². The summed E-state index contributed by atoms with van der Waals surface area (Å²) in [5, 5.41) is 14.2. The molecule has 2 saturated heterocycles. The van der Waals surface area contributed by atoms with E-state index < -0.39 is 5.60 Å². The van der Waals surface area contributed by atoms with Gasteiger partial charge in [0.05, 0.1) is 11.4 Å². The van der Waals surface area contributed by atoms with Crippen molar-refractivity contribution in [1.29, 1.82) is 0 Å². The minimum atomic E-state index is -0.494. The van der Waals surface area contributed by atoms with Crippen molar-refractivity contribution in [2.45, 2.75) is 70.2 Å². The van der Waals surface area contributed by atoms with Gasteiger partial charge in [-0.2, -0.15) is 0 Å². The van der Waals surface area contributed by atoms with Gasteiger partial charge in [0.1, 0.15) is 5.60 Å². The number of anilines is 2. The van der Waals surface area contributed by atoms with Crippen LogP contribution in [0.3, 0.4) is 0 Å². The second kappa shape index (κ2) is 7.72. The average molecular weight is 461 g/mol. The molecule has 1 N–H and O–H groups in total. The Morgan fingerprint density at radius 1 is 1.03 bits per heavy atom. The molecule has 4 heterocycles. The number of ether oxygens (including phenoxy) is 2. The van der Waals surface area contributed by atoms with Crippen LogP contribution >= 0.6 is 0 Å². The van der Waals surface area contributed by atoms with E-state index in [1.165, 1.54) is 0 Å². The van der Waals surface area contributed by atoms with Gasteiger partial charge in [-0.1, -0.05) is 12.1 Å². The summed E-state index contributed by atoms with van der Waals surface area (Å²) in [7, 11) is 0. The molecule has 1 amide bonds. The van der Waals surface area contributed by atoms with Crippen LogP contribution in [0.1, 0.15) is 46.5 Å². The summed E-state index contributed by atoms with van der Waals surface area (Å²) in [6.07, 6.45) is 3.61. The molecule has 9 heteroatoms. The van der Waals surface area contributed by atoms with Crippen LogP contribution in [0.4, 0.5) is 16.2 Å². The maximum Gasteiger partial charge on any atom is 0.410 e. The summed E-state index contributed by atoms with van der Waals surface area (Å²) in [5.41, 5.74) is 2.44. The Balaban J connectivity index is 1.33. The van der Waals surface area contributed by atoms with Crippen molar-refractivity contribution in [3.05, 3.63) is 42.5 Å². The lowest BCUT2D eigenvalue weighted by molar-refractivity contribution is 0.00613. The number of benzene rings is 2. The molecule has 2 bridgehead atoms. The van der Waals surface area contributed by atoms with E-state index in [1.54, 1.807) is 0 Å². The first kappa shape index (κ1) is 20.9. The normalized spacial score (nSPS) is 23.2. The van der Waals surface area contributed by atoms with E-state index in [0.29, 0.717) is 5.82 Å². The van der Waals surface area contributed by atoms with Gasteiger partial charge in [-0.25, -0.2) is 9.89 Å². The number of rotatable bonds is 2. The molecule has 0 aliphatic carbocycles. The third-order valence-electron chi connectivity index (χ3n) is 6.86. The smallest absolute Gasteiger partial charge is 0.410 e. The number of tetrazole rings is 1. The van der Waals surface area contributed by atoms with Crippen molar-refractivity contribution >= 4 is 17.5 Å². The number of hydrogen-bond donors (Lipinski definition) is 1. The number of H-pyrrole nitrogens is 1.